The zero-order valence-corrected chi connectivity index (χ0v) is 17.5. The maximum atomic E-state index is 12.7. The zero-order valence-electron chi connectivity index (χ0n) is 17.5. The second-order valence-electron chi connectivity index (χ2n) is 8.18. The average molecular weight is 389 g/mol. The highest BCUT2D eigenvalue weighted by Crippen LogP contribution is 2.31. The van der Waals surface area contributed by atoms with E-state index in [1.807, 2.05) is 30.3 Å². The molecule has 1 aromatic carbocycles. The van der Waals surface area contributed by atoms with Crippen LogP contribution in [0, 0.1) is 0 Å². The number of pyridine rings is 2. The molecule has 0 aliphatic carbocycles. The molecule has 0 spiro atoms. The fourth-order valence-electron chi connectivity index (χ4n) is 3.14. The Hall–Kier alpha value is -3.21. The smallest absolute Gasteiger partial charge is 0.272 e. The molecule has 1 N–H and O–H groups in total. The van der Waals surface area contributed by atoms with Gasteiger partial charge in [0.05, 0.1) is 11.9 Å². The minimum atomic E-state index is -0.0827. The number of rotatable bonds is 6. The van der Waals surface area contributed by atoms with E-state index in [1.54, 1.807) is 36.6 Å². The van der Waals surface area contributed by atoms with Gasteiger partial charge in [-0.3, -0.25) is 9.78 Å². The van der Waals surface area contributed by atoms with Crippen LogP contribution >= 0.6 is 0 Å². The third kappa shape index (κ3) is 5.41. The van der Waals surface area contributed by atoms with Crippen LogP contribution in [0.5, 0.6) is 0 Å². The number of likely N-dealkylation sites (N-methyl/N-ethyl adjacent to an activating group) is 1. The largest absolute Gasteiger partial charge is 0.354 e. The molecule has 3 rings (SSSR count). The summed E-state index contributed by atoms with van der Waals surface area (Å²) < 4.78 is 0. The van der Waals surface area contributed by atoms with Gasteiger partial charge in [-0.15, -0.1) is 0 Å². The Morgan fingerprint density at radius 1 is 1.03 bits per heavy atom. The first kappa shape index (κ1) is 20.5. The van der Waals surface area contributed by atoms with Crippen LogP contribution in [-0.4, -0.2) is 34.4 Å². The first-order valence-electron chi connectivity index (χ1n) is 9.81. The van der Waals surface area contributed by atoms with E-state index in [4.69, 9.17) is 0 Å². The van der Waals surface area contributed by atoms with Gasteiger partial charge in [0.15, 0.2) is 0 Å². The minimum Gasteiger partial charge on any atom is -0.354 e. The summed E-state index contributed by atoms with van der Waals surface area (Å²) in [5, 5.41) is 3.43. The molecule has 2 aromatic heterocycles. The Morgan fingerprint density at radius 2 is 1.76 bits per heavy atom. The van der Waals surface area contributed by atoms with E-state index in [0.717, 1.165) is 23.4 Å². The molecule has 0 radical (unpaired) electrons. The SMILES string of the molecule is CN(CCc1ccncc1)C(=O)c1ccc(Nc2ccccc2C(C)(C)C)cn1. The van der Waals surface area contributed by atoms with E-state index in [9.17, 15) is 4.79 Å². The van der Waals surface area contributed by atoms with Crippen LogP contribution in [0.15, 0.2) is 67.1 Å². The van der Waals surface area contributed by atoms with Crippen molar-refractivity contribution in [2.24, 2.45) is 0 Å². The molecule has 0 aliphatic heterocycles. The quantitative estimate of drug-likeness (QED) is 0.657. The van der Waals surface area contributed by atoms with Crippen molar-refractivity contribution in [3.63, 3.8) is 0 Å². The number of hydrogen-bond donors (Lipinski definition) is 1. The van der Waals surface area contributed by atoms with Crippen LogP contribution in [0.3, 0.4) is 0 Å². The topological polar surface area (TPSA) is 58.1 Å². The summed E-state index contributed by atoms with van der Waals surface area (Å²) in [6.45, 7) is 7.20. The molecule has 5 nitrogen and oxygen atoms in total. The van der Waals surface area contributed by atoms with E-state index in [1.165, 1.54) is 5.56 Å². The van der Waals surface area contributed by atoms with Crippen LogP contribution in [0.4, 0.5) is 11.4 Å². The molecular weight excluding hydrogens is 360 g/mol. The molecule has 0 saturated carbocycles. The highest BCUT2D eigenvalue weighted by molar-refractivity contribution is 5.92. The van der Waals surface area contributed by atoms with E-state index in [2.05, 4.69) is 48.2 Å². The number of aromatic nitrogens is 2. The first-order valence-corrected chi connectivity index (χ1v) is 9.81. The summed E-state index contributed by atoms with van der Waals surface area (Å²) in [5.74, 6) is -0.0827. The molecule has 3 aromatic rings. The van der Waals surface area contributed by atoms with Gasteiger partial charge in [0, 0.05) is 31.7 Å². The van der Waals surface area contributed by atoms with Crippen LogP contribution in [0.1, 0.15) is 42.4 Å². The molecule has 0 fully saturated rings. The van der Waals surface area contributed by atoms with E-state index < -0.39 is 0 Å². The standard InChI is InChI=1S/C24H28N4O/c1-24(2,3)20-7-5-6-8-21(20)27-19-9-10-22(26-17-19)23(29)28(4)16-13-18-11-14-25-15-12-18/h5-12,14-15,17,27H,13,16H2,1-4H3. The van der Waals surface area contributed by atoms with Crippen molar-refractivity contribution >= 4 is 17.3 Å². The van der Waals surface area contributed by atoms with Crippen molar-refractivity contribution in [2.75, 3.05) is 18.9 Å². The average Bonchev–Trinajstić information content (AvgIpc) is 2.72. The number of anilines is 2. The predicted octanol–water partition coefficient (Wildman–Crippen LogP) is 4.83. The summed E-state index contributed by atoms with van der Waals surface area (Å²) in [6.07, 6.45) is 6.03. The van der Waals surface area contributed by atoms with Crippen LogP contribution in [0.25, 0.3) is 0 Å². The number of carbonyl (C=O) groups excluding carboxylic acids is 1. The van der Waals surface area contributed by atoms with Gasteiger partial charge in [-0.1, -0.05) is 39.0 Å². The second kappa shape index (κ2) is 8.86. The molecule has 29 heavy (non-hydrogen) atoms. The summed E-state index contributed by atoms with van der Waals surface area (Å²) in [4.78, 5) is 22.7. The normalized spacial score (nSPS) is 11.2. The third-order valence-corrected chi connectivity index (χ3v) is 4.83. The van der Waals surface area contributed by atoms with Crippen LogP contribution in [-0.2, 0) is 11.8 Å². The molecule has 5 heteroatoms. The van der Waals surface area contributed by atoms with Gasteiger partial charge in [-0.25, -0.2) is 4.98 Å². The highest BCUT2D eigenvalue weighted by atomic mass is 16.2. The molecule has 2 heterocycles. The Balaban J connectivity index is 1.65. The maximum Gasteiger partial charge on any atom is 0.272 e. The van der Waals surface area contributed by atoms with E-state index >= 15 is 0 Å². The van der Waals surface area contributed by atoms with Crippen molar-refractivity contribution in [2.45, 2.75) is 32.6 Å². The summed E-state index contributed by atoms with van der Waals surface area (Å²) in [7, 11) is 1.80. The molecule has 0 atom stereocenters. The Morgan fingerprint density at radius 3 is 2.41 bits per heavy atom. The molecule has 0 bridgehead atoms. The summed E-state index contributed by atoms with van der Waals surface area (Å²) in [6, 6.07) is 15.9. The van der Waals surface area contributed by atoms with Crippen LogP contribution in [0.2, 0.25) is 0 Å². The van der Waals surface area contributed by atoms with Gasteiger partial charge in [0.1, 0.15) is 5.69 Å². The first-order chi connectivity index (χ1) is 13.8. The molecule has 0 saturated heterocycles. The van der Waals surface area contributed by atoms with Crippen molar-refractivity contribution in [1.82, 2.24) is 14.9 Å². The van der Waals surface area contributed by atoms with Crippen molar-refractivity contribution < 1.29 is 4.79 Å². The Labute approximate surface area is 172 Å². The maximum absolute atomic E-state index is 12.7. The number of amides is 1. The van der Waals surface area contributed by atoms with Gasteiger partial charge < -0.3 is 10.2 Å². The lowest BCUT2D eigenvalue weighted by atomic mass is 9.86. The van der Waals surface area contributed by atoms with Gasteiger partial charge in [-0.05, 0) is 53.3 Å². The molecular formula is C24H28N4O. The van der Waals surface area contributed by atoms with Gasteiger partial charge in [0.25, 0.3) is 5.91 Å². The predicted molar refractivity (Wildman–Crippen MR) is 118 cm³/mol. The van der Waals surface area contributed by atoms with Gasteiger partial charge >= 0.3 is 0 Å². The van der Waals surface area contributed by atoms with Crippen LogP contribution < -0.4 is 5.32 Å². The van der Waals surface area contributed by atoms with Crippen molar-refractivity contribution in [1.29, 1.82) is 0 Å². The lowest BCUT2D eigenvalue weighted by molar-refractivity contribution is 0.0791. The third-order valence-electron chi connectivity index (χ3n) is 4.83. The van der Waals surface area contributed by atoms with Gasteiger partial charge in [0.2, 0.25) is 0 Å². The fraction of sp³-hybridized carbons (Fsp3) is 0.292. The summed E-state index contributed by atoms with van der Waals surface area (Å²) in [5.41, 5.74) is 4.77. The number of nitrogens with one attached hydrogen (secondary N) is 1. The molecule has 0 aliphatic rings. The Kier molecular flexibility index (Phi) is 6.27. The Bertz CT molecular complexity index is 947. The minimum absolute atomic E-state index is 0.0322. The molecule has 1 amide bonds. The summed E-state index contributed by atoms with van der Waals surface area (Å²) >= 11 is 0. The highest BCUT2D eigenvalue weighted by Gasteiger charge is 2.18. The van der Waals surface area contributed by atoms with Crippen molar-refractivity contribution in [3.05, 3.63) is 83.9 Å². The lowest BCUT2D eigenvalue weighted by Gasteiger charge is -2.23. The second-order valence-corrected chi connectivity index (χ2v) is 8.18. The molecule has 150 valence electrons. The molecule has 0 unspecified atom stereocenters. The lowest BCUT2D eigenvalue weighted by Crippen LogP contribution is -2.29. The van der Waals surface area contributed by atoms with Crippen molar-refractivity contribution in [3.8, 4) is 0 Å². The number of benzene rings is 1. The number of nitrogens with zero attached hydrogens (tertiary/aromatic N) is 3. The monoisotopic (exact) mass is 388 g/mol. The number of para-hydroxylation sites is 1. The zero-order chi connectivity index (χ0) is 20.9. The van der Waals surface area contributed by atoms with Gasteiger partial charge in [-0.2, -0.15) is 0 Å². The van der Waals surface area contributed by atoms with E-state index in [0.29, 0.717) is 12.2 Å². The van der Waals surface area contributed by atoms with E-state index in [-0.39, 0.29) is 11.3 Å². The number of hydrogen-bond acceptors (Lipinski definition) is 4. The number of carbonyl (C=O) groups is 1. The fourth-order valence-corrected chi connectivity index (χ4v) is 3.14.